The smallest absolute Gasteiger partial charge is 0.409 e. The number of ether oxygens (including phenoxy) is 1. The quantitative estimate of drug-likeness (QED) is 0.272. The fourth-order valence-corrected chi connectivity index (χ4v) is 6.07. The van der Waals surface area contributed by atoms with Crippen LogP contribution in [-0.2, 0) is 23.1 Å². The average Bonchev–Trinajstić information content (AvgIpc) is 2.97. The molecule has 1 saturated heterocycles. The Labute approximate surface area is 241 Å². The van der Waals surface area contributed by atoms with E-state index in [-0.39, 0.29) is 51.2 Å². The molecule has 1 N–H and O–H groups in total. The third-order valence-corrected chi connectivity index (χ3v) is 8.47. The van der Waals surface area contributed by atoms with Crippen LogP contribution in [0.4, 0.5) is 4.79 Å². The van der Waals surface area contributed by atoms with Crippen molar-refractivity contribution in [2.24, 2.45) is 0 Å². The topological polar surface area (TPSA) is 140 Å². The van der Waals surface area contributed by atoms with E-state index in [1.807, 2.05) is 37.3 Å². The number of rotatable bonds is 13. The Bertz CT molecular complexity index is 1210. The lowest BCUT2D eigenvalue weighted by Gasteiger charge is -2.36. The summed E-state index contributed by atoms with van der Waals surface area (Å²) in [7, 11) is -3.72. The van der Waals surface area contributed by atoms with Crippen molar-refractivity contribution >= 4 is 25.5 Å². The van der Waals surface area contributed by atoms with Gasteiger partial charge in [-0.3, -0.25) is 14.2 Å². The Morgan fingerprint density at radius 2 is 1.61 bits per heavy atom. The van der Waals surface area contributed by atoms with Gasteiger partial charge in [-0.2, -0.15) is 0 Å². The molecule has 2 aromatic rings. The maximum atomic E-state index is 13.7. The summed E-state index contributed by atoms with van der Waals surface area (Å²) in [6.07, 6.45) is 0.928. The summed E-state index contributed by atoms with van der Waals surface area (Å²) >= 11 is 0. The van der Waals surface area contributed by atoms with E-state index in [0.717, 1.165) is 18.4 Å². The number of aromatic nitrogens is 2. The fourth-order valence-electron chi connectivity index (χ4n) is 4.30. The lowest BCUT2D eigenvalue weighted by molar-refractivity contribution is -0.134. The molecule has 3 amide bonds. The Morgan fingerprint density at radius 3 is 2.22 bits per heavy atom. The van der Waals surface area contributed by atoms with Crippen molar-refractivity contribution in [2.75, 3.05) is 52.2 Å². The minimum atomic E-state index is -3.72. The normalized spacial score (nSPS) is 14.4. The maximum absolute atomic E-state index is 13.7. The molecular weight excluding hydrogens is 549 g/mol. The monoisotopic (exact) mass is 589 g/mol. The number of nitrogens with one attached hydrogen (secondary N) is 1. The van der Waals surface area contributed by atoms with Crippen LogP contribution in [0.5, 0.6) is 0 Å². The molecule has 0 radical (unpaired) electrons. The number of amides is 3. The number of hydrogen-bond acceptors (Lipinski definition) is 9. The van der Waals surface area contributed by atoms with Crippen LogP contribution in [0.15, 0.2) is 36.4 Å². The number of nitrogens with zero attached hydrogens (tertiary/aromatic N) is 4. The second-order valence-corrected chi connectivity index (χ2v) is 11.6. The van der Waals surface area contributed by atoms with Crippen LogP contribution in [0.25, 0.3) is 11.4 Å². The van der Waals surface area contributed by atoms with E-state index < -0.39 is 31.5 Å². The van der Waals surface area contributed by atoms with Crippen molar-refractivity contribution in [2.45, 2.75) is 46.6 Å². The van der Waals surface area contributed by atoms with E-state index in [4.69, 9.17) is 13.8 Å². The van der Waals surface area contributed by atoms with E-state index >= 15 is 0 Å². The summed E-state index contributed by atoms with van der Waals surface area (Å²) in [6, 6.07) is 9.54. The predicted molar refractivity (Wildman–Crippen MR) is 154 cm³/mol. The lowest BCUT2D eigenvalue weighted by Crippen LogP contribution is -2.57. The van der Waals surface area contributed by atoms with Gasteiger partial charge in [0.25, 0.3) is 5.91 Å². The van der Waals surface area contributed by atoms with Crippen LogP contribution >= 0.6 is 7.60 Å². The number of benzene rings is 1. The molecule has 1 aliphatic heterocycles. The molecule has 41 heavy (non-hydrogen) atoms. The van der Waals surface area contributed by atoms with Crippen molar-refractivity contribution < 1.29 is 32.7 Å². The second kappa shape index (κ2) is 15.6. The largest absolute Gasteiger partial charge is 0.449 e. The van der Waals surface area contributed by atoms with E-state index in [2.05, 4.69) is 15.3 Å². The Kier molecular flexibility index (Phi) is 12.2. The standard InChI is InChI=1S/C28H40N5O7P/c1-5-8-18-38-28(36)33-16-14-32(15-17-33)27(35)24(20-41(37,39-6-2)40-7-3)31-26(34)23-19-21(4)29-25(30-23)22-12-10-9-11-13-22/h9-13,19,24H,5-8,14-18,20H2,1-4H3,(H,31,34)/t24-/m0/s1. The van der Waals surface area contributed by atoms with Crippen LogP contribution in [0.1, 0.15) is 49.8 Å². The molecule has 0 bridgehead atoms. The van der Waals surface area contributed by atoms with Crippen LogP contribution in [0.3, 0.4) is 0 Å². The first-order valence-electron chi connectivity index (χ1n) is 14.0. The van der Waals surface area contributed by atoms with Gasteiger partial charge in [-0.15, -0.1) is 0 Å². The van der Waals surface area contributed by atoms with E-state index in [1.54, 1.807) is 25.7 Å². The Balaban J connectivity index is 1.79. The molecule has 1 fully saturated rings. The van der Waals surface area contributed by atoms with Gasteiger partial charge >= 0.3 is 13.7 Å². The molecule has 13 heteroatoms. The molecule has 1 atom stereocenters. The highest BCUT2D eigenvalue weighted by atomic mass is 31.2. The van der Waals surface area contributed by atoms with Crippen molar-refractivity contribution in [3.8, 4) is 11.4 Å². The number of carbonyl (C=O) groups is 3. The summed E-state index contributed by atoms with van der Waals surface area (Å²) in [5, 5.41) is 2.72. The van der Waals surface area contributed by atoms with Gasteiger partial charge in [0.1, 0.15) is 11.7 Å². The van der Waals surface area contributed by atoms with Gasteiger partial charge < -0.3 is 28.9 Å². The van der Waals surface area contributed by atoms with Crippen LogP contribution in [0, 0.1) is 6.92 Å². The first-order chi connectivity index (χ1) is 19.7. The number of unbranched alkanes of at least 4 members (excludes halogenated alkanes) is 1. The summed E-state index contributed by atoms with van der Waals surface area (Å²) in [6.45, 7) is 8.68. The number of hydrogen-bond donors (Lipinski definition) is 1. The molecule has 1 aliphatic rings. The van der Waals surface area contributed by atoms with Gasteiger partial charge in [0.2, 0.25) is 5.91 Å². The molecule has 0 saturated carbocycles. The van der Waals surface area contributed by atoms with Gasteiger partial charge in [0.05, 0.1) is 26.0 Å². The van der Waals surface area contributed by atoms with E-state index in [1.165, 1.54) is 11.0 Å². The van der Waals surface area contributed by atoms with Gasteiger partial charge in [-0.25, -0.2) is 14.8 Å². The minimum Gasteiger partial charge on any atom is -0.449 e. The molecule has 1 aromatic heterocycles. The van der Waals surface area contributed by atoms with Gasteiger partial charge in [0.15, 0.2) is 5.82 Å². The molecule has 0 aliphatic carbocycles. The highest BCUT2D eigenvalue weighted by Crippen LogP contribution is 2.48. The molecule has 1 aromatic carbocycles. The zero-order valence-corrected chi connectivity index (χ0v) is 25.1. The van der Waals surface area contributed by atoms with Crippen molar-refractivity contribution in [1.82, 2.24) is 25.1 Å². The zero-order valence-electron chi connectivity index (χ0n) is 24.2. The van der Waals surface area contributed by atoms with E-state index in [9.17, 15) is 18.9 Å². The Morgan fingerprint density at radius 1 is 0.976 bits per heavy atom. The van der Waals surface area contributed by atoms with Gasteiger partial charge in [-0.05, 0) is 33.3 Å². The summed E-state index contributed by atoms with van der Waals surface area (Å²) in [5.74, 6) is -0.704. The SMILES string of the molecule is CCCCOC(=O)N1CCN(C(=O)[C@H](CP(=O)(OCC)OCC)NC(=O)c2cc(C)nc(-c3ccccc3)n2)CC1. The predicted octanol–water partition coefficient (Wildman–Crippen LogP) is 3.90. The summed E-state index contributed by atoms with van der Waals surface area (Å²) in [5.41, 5.74) is 1.38. The molecule has 3 rings (SSSR count). The highest BCUT2D eigenvalue weighted by molar-refractivity contribution is 7.54. The average molecular weight is 590 g/mol. The Hall–Kier alpha value is -3.34. The number of carbonyl (C=O) groups excluding carboxylic acids is 3. The molecule has 0 spiro atoms. The van der Waals surface area contributed by atoms with Crippen LogP contribution in [-0.4, -0.2) is 95.9 Å². The van der Waals surface area contributed by atoms with Gasteiger partial charge in [-0.1, -0.05) is 43.7 Å². The molecular formula is C28H40N5O7P. The second-order valence-electron chi connectivity index (χ2n) is 9.52. The van der Waals surface area contributed by atoms with Crippen LogP contribution < -0.4 is 5.32 Å². The fraction of sp³-hybridized carbons (Fsp3) is 0.536. The van der Waals surface area contributed by atoms with Crippen LogP contribution in [0.2, 0.25) is 0 Å². The first kappa shape index (κ1) is 32.2. The number of aryl methyl sites for hydroxylation is 1. The first-order valence-corrected chi connectivity index (χ1v) is 15.7. The molecule has 0 unspecified atom stereocenters. The van der Waals surface area contributed by atoms with E-state index in [0.29, 0.717) is 18.1 Å². The van der Waals surface area contributed by atoms with Crippen molar-refractivity contribution in [1.29, 1.82) is 0 Å². The molecule has 12 nitrogen and oxygen atoms in total. The third kappa shape index (κ3) is 9.34. The zero-order chi connectivity index (χ0) is 29.8. The summed E-state index contributed by atoms with van der Waals surface area (Å²) in [4.78, 5) is 51.4. The summed E-state index contributed by atoms with van der Waals surface area (Å²) < 4.78 is 29.6. The van der Waals surface area contributed by atoms with Crippen molar-refractivity contribution in [3.63, 3.8) is 0 Å². The van der Waals surface area contributed by atoms with Gasteiger partial charge in [0, 0.05) is 37.4 Å². The minimum absolute atomic E-state index is 0.0662. The lowest BCUT2D eigenvalue weighted by atomic mass is 10.2. The molecule has 2 heterocycles. The number of piperazine rings is 1. The molecule has 224 valence electrons. The third-order valence-electron chi connectivity index (χ3n) is 6.35. The maximum Gasteiger partial charge on any atom is 0.409 e. The highest BCUT2D eigenvalue weighted by Gasteiger charge is 2.37. The van der Waals surface area contributed by atoms with Crippen molar-refractivity contribution in [3.05, 3.63) is 47.8 Å².